The summed E-state index contributed by atoms with van der Waals surface area (Å²) >= 11 is 0. The smallest absolute Gasteiger partial charge is 0.123 e. The summed E-state index contributed by atoms with van der Waals surface area (Å²) in [4.78, 5) is 0. The van der Waals surface area contributed by atoms with Gasteiger partial charge in [-0.05, 0) is 66.8 Å². The van der Waals surface area contributed by atoms with E-state index in [9.17, 15) is 4.39 Å². The normalized spacial score (nSPS) is 17.4. The Balaban J connectivity index is 1.86. The summed E-state index contributed by atoms with van der Waals surface area (Å²) in [6.45, 7) is 1.98. The Morgan fingerprint density at radius 3 is 2.96 bits per heavy atom. The molecule has 23 heavy (non-hydrogen) atoms. The first kappa shape index (κ1) is 16.0. The molecule has 122 valence electrons. The largest absolute Gasteiger partial charge is 0.492 e. The van der Waals surface area contributed by atoms with Gasteiger partial charge in [-0.3, -0.25) is 0 Å². The Morgan fingerprint density at radius 1 is 1.22 bits per heavy atom. The highest BCUT2D eigenvalue weighted by molar-refractivity contribution is 5.39. The highest BCUT2D eigenvalue weighted by Gasteiger charge is 2.19. The van der Waals surface area contributed by atoms with Gasteiger partial charge in [0.15, 0.2) is 0 Å². The van der Waals surface area contributed by atoms with Crippen molar-refractivity contribution >= 4 is 0 Å². The van der Waals surface area contributed by atoms with Gasteiger partial charge in [-0.25, -0.2) is 4.39 Å². The minimum absolute atomic E-state index is 0.177. The van der Waals surface area contributed by atoms with Crippen LogP contribution in [0.5, 0.6) is 5.75 Å². The van der Waals surface area contributed by atoms with Crippen LogP contribution in [0.25, 0.3) is 0 Å². The summed E-state index contributed by atoms with van der Waals surface area (Å²) in [6.07, 6.45) is 2.93. The number of fused-ring (bicyclic) bond motifs is 1. The molecule has 0 amide bonds. The topological polar surface area (TPSA) is 47.3 Å². The third-order valence-corrected chi connectivity index (χ3v) is 4.22. The fourth-order valence-corrected chi connectivity index (χ4v) is 3.14. The molecule has 3 nitrogen and oxygen atoms in total. The second-order valence-corrected chi connectivity index (χ2v) is 5.94. The highest BCUT2D eigenvalue weighted by atomic mass is 19.1. The molecule has 0 radical (unpaired) electrons. The van der Waals surface area contributed by atoms with Gasteiger partial charge in [-0.15, -0.1) is 0 Å². The van der Waals surface area contributed by atoms with Crippen LogP contribution >= 0.6 is 0 Å². The van der Waals surface area contributed by atoms with E-state index in [-0.39, 0.29) is 11.9 Å². The lowest BCUT2D eigenvalue weighted by Crippen LogP contribution is -2.23. The van der Waals surface area contributed by atoms with Crippen LogP contribution in [0.2, 0.25) is 0 Å². The Bertz CT molecular complexity index is 660. The molecule has 3 N–H and O–H groups in total. The van der Waals surface area contributed by atoms with E-state index in [1.807, 2.05) is 12.1 Å². The van der Waals surface area contributed by atoms with Gasteiger partial charge in [0.2, 0.25) is 0 Å². The fourth-order valence-electron chi connectivity index (χ4n) is 3.14. The zero-order chi connectivity index (χ0) is 16.1. The maximum Gasteiger partial charge on any atom is 0.123 e. The summed E-state index contributed by atoms with van der Waals surface area (Å²) in [5.74, 6) is 0.665. The molecule has 0 spiro atoms. The van der Waals surface area contributed by atoms with Crippen molar-refractivity contribution in [1.82, 2.24) is 5.32 Å². The predicted octanol–water partition coefficient (Wildman–Crippen LogP) is 2.98. The van der Waals surface area contributed by atoms with Crippen LogP contribution in [-0.2, 0) is 12.8 Å². The number of hydrogen-bond acceptors (Lipinski definition) is 3. The van der Waals surface area contributed by atoms with E-state index in [0.717, 1.165) is 37.1 Å². The molecule has 4 heteroatoms. The molecule has 1 aliphatic heterocycles. The van der Waals surface area contributed by atoms with E-state index in [1.54, 1.807) is 12.1 Å². The fraction of sp³-hybridized carbons (Fsp3) is 0.368. The summed E-state index contributed by atoms with van der Waals surface area (Å²) in [7, 11) is 0. The van der Waals surface area contributed by atoms with Gasteiger partial charge in [0.25, 0.3) is 0 Å². The summed E-state index contributed by atoms with van der Waals surface area (Å²) < 4.78 is 19.1. The van der Waals surface area contributed by atoms with Crippen LogP contribution < -0.4 is 15.8 Å². The van der Waals surface area contributed by atoms with Crippen LogP contribution in [0, 0.1) is 5.82 Å². The van der Waals surface area contributed by atoms with E-state index in [2.05, 4.69) is 17.4 Å². The van der Waals surface area contributed by atoms with Gasteiger partial charge < -0.3 is 15.8 Å². The number of halogens is 1. The van der Waals surface area contributed by atoms with E-state index in [1.165, 1.54) is 17.2 Å². The summed E-state index contributed by atoms with van der Waals surface area (Å²) in [5.41, 5.74) is 9.11. The third-order valence-electron chi connectivity index (χ3n) is 4.22. The second kappa shape index (κ2) is 7.57. The van der Waals surface area contributed by atoms with Crippen molar-refractivity contribution in [2.75, 3.05) is 19.7 Å². The molecular formula is C19H23FN2O. The van der Waals surface area contributed by atoms with Crippen LogP contribution in [0.3, 0.4) is 0 Å². The maximum atomic E-state index is 13.4. The zero-order valence-electron chi connectivity index (χ0n) is 13.2. The molecule has 0 bridgehead atoms. The SMILES string of the molecule is NCCOc1ccc2c(c1)C(Cc1cccc(F)c1)NCCC2. The Hall–Kier alpha value is -1.91. The van der Waals surface area contributed by atoms with Crippen LogP contribution in [-0.4, -0.2) is 19.7 Å². The van der Waals surface area contributed by atoms with Gasteiger partial charge in [0.1, 0.15) is 18.2 Å². The van der Waals surface area contributed by atoms with Crippen LogP contribution in [0.15, 0.2) is 42.5 Å². The lowest BCUT2D eigenvalue weighted by Gasteiger charge is -2.20. The lowest BCUT2D eigenvalue weighted by atomic mass is 9.94. The minimum atomic E-state index is -0.184. The first-order valence-corrected chi connectivity index (χ1v) is 8.20. The number of benzene rings is 2. The summed E-state index contributed by atoms with van der Waals surface area (Å²) in [6, 6.07) is 13.3. The molecule has 3 rings (SSSR count). The Labute approximate surface area is 136 Å². The number of aryl methyl sites for hydroxylation is 1. The molecule has 1 heterocycles. The second-order valence-electron chi connectivity index (χ2n) is 5.94. The molecule has 1 atom stereocenters. The van der Waals surface area contributed by atoms with Gasteiger partial charge in [-0.2, -0.15) is 0 Å². The van der Waals surface area contributed by atoms with Gasteiger partial charge >= 0.3 is 0 Å². The van der Waals surface area contributed by atoms with Gasteiger partial charge in [0.05, 0.1) is 0 Å². The van der Waals surface area contributed by atoms with E-state index in [4.69, 9.17) is 10.5 Å². The molecule has 2 aromatic rings. The Kier molecular flexibility index (Phi) is 5.26. The van der Waals surface area contributed by atoms with E-state index in [0.29, 0.717) is 13.2 Å². The zero-order valence-corrected chi connectivity index (χ0v) is 13.2. The van der Waals surface area contributed by atoms with Crippen molar-refractivity contribution < 1.29 is 9.13 Å². The molecular weight excluding hydrogens is 291 g/mol. The molecule has 1 aliphatic rings. The van der Waals surface area contributed by atoms with Gasteiger partial charge in [0, 0.05) is 12.6 Å². The summed E-state index contributed by atoms with van der Waals surface area (Å²) in [5, 5.41) is 3.59. The molecule has 1 unspecified atom stereocenters. The maximum absolute atomic E-state index is 13.4. The van der Waals surface area contributed by atoms with E-state index < -0.39 is 0 Å². The number of hydrogen-bond donors (Lipinski definition) is 2. The average molecular weight is 314 g/mol. The average Bonchev–Trinajstić information content (AvgIpc) is 2.75. The number of ether oxygens (including phenoxy) is 1. The monoisotopic (exact) mass is 314 g/mol. The van der Waals surface area contributed by atoms with Crippen molar-refractivity contribution in [2.45, 2.75) is 25.3 Å². The molecule has 0 aromatic heterocycles. The quantitative estimate of drug-likeness (QED) is 0.892. The van der Waals surface area contributed by atoms with Gasteiger partial charge in [-0.1, -0.05) is 18.2 Å². The third kappa shape index (κ3) is 4.09. The van der Waals surface area contributed by atoms with Crippen molar-refractivity contribution in [3.63, 3.8) is 0 Å². The highest BCUT2D eigenvalue weighted by Crippen LogP contribution is 2.29. The van der Waals surface area contributed by atoms with Crippen LogP contribution in [0.4, 0.5) is 4.39 Å². The number of nitrogens with one attached hydrogen (secondary N) is 1. The van der Waals surface area contributed by atoms with E-state index >= 15 is 0 Å². The Morgan fingerprint density at radius 2 is 2.13 bits per heavy atom. The van der Waals surface area contributed by atoms with Crippen molar-refractivity contribution in [3.05, 3.63) is 65.0 Å². The molecule has 2 aromatic carbocycles. The molecule has 0 saturated carbocycles. The number of nitrogens with two attached hydrogens (primary N) is 1. The standard InChI is InChI=1S/C19H23FN2O/c20-16-5-1-3-14(11-16)12-19-18-13-17(23-10-8-21)7-6-15(18)4-2-9-22-19/h1,3,5-7,11,13,19,22H,2,4,8-10,12,21H2. The van der Waals surface area contributed by atoms with Crippen molar-refractivity contribution in [2.24, 2.45) is 5.73 Å². The first-order chi connectivity index (χ1) is 11.3. The molecule has 0 fully saturated rings. The predicted molar refractivity (Wildman–Crippen MR) is 90.2 cm³/mol. The van der Waals surface area contributed by atoms with Crippen molar-refractivity contribution in [3.8, 4) is 5.75 Å². The molecule has 0 aliphatic carbocycles. The van der Waals surface area contributed by atoms with Crippen LogP contribution in [0.1, 0.15) is 29.2 Å². The first-order valence-electron chi connectivity index (χ1n) is 8.20. The minimum Gasteiger partial charge on any atom is -0.492 e. The lowest BCUT2D eigenvalue weighted by molar-refractivity contribution is 0.327. The molecule has 0 saturated heterocycles. The number of rotatable bonds is 5. The van der Waals surface area contributed by atoms with Crippen molar-refractivity contribution in [1.29, 1.82) is 0 Å².